The summed E-state index contributed by atoms with van der Waals surface area (Å²) in [4.78, 5) is 24.3. The summed E-state index contributed by atoms with van der Waals surface area (Å²) in [6.45, 7) is 8.60. The van der Waals surface area contributed by atoms with Crippen LogP contribution in [0.25, 0.3) is 32.8 Å². The number of ether oxygens (including phenoxy) is 1. The molecule has 7 rings (SSSR count). The van der Waals surface area contributed by atoms with Gasteiger partial charge in [0.05, 0.1) is 40.7 Å². The second-order valence-electron chi connectivity index (χ2n) is 11.4. The summed E-state index contributed by atoms with van der Waals surface area (Å²) >= 11 is 0. The summed E-state index contributed by atoms with van der Waals surface area (Å²) in [5.41, 5.74) is 4.29. The molecule has 9 heteroatoms. The zero-order valence-corrected chi connectivity index (χ0v) is 23.8. The van der Waals surface area contributed by atoms with Crippen molar-refractivity contribution < 1.29 is 4.74 Å². The number of piperazine rings is 2. The highest BCUT2D eigenvalue weighted by molar-refractivity contribution is 6.10. The maximum atomic E-state index is 13.8. The highest BCUT2D eigenvalue weighted by Crippen LogP contribution is 2.41. The summed E-state index contributed by atoms with van der Waals surface area (Å²) in [6.07, 6.45) is 3.39. The first-order valence-corrected chi connectivity index (χ1v) is 14.4. The summed E-state index contributed by atoms with van der Waals surface area (Å²) in [5.74, 6) is 0.746. The summed E-state index contributed by atoms with van der Waals surface area (Å²) in [6, 6.07) is 12.2. The molecule has 9 nitrogen and oxygen atoms in total. The number of likely N-dealkylation sites (N-methyl/N-ethyl adjacent to an activating group) is 2. The lowest BCUT2D eigenvalue weighted by Gasteiger charge is -2.35. The number of fused-ring (bicyclic) bond motifs is 4. The maximum absolute atomic E-state index is 13.8. The molecule has 1 saturated carbocycles. The lowest BCUT2D eigenvalue weighted by molar-refractivity contribution is 0.291. The topological polar surface area (TPSA) is 92.6 Å². The average Bonchev–Trinajstić information content (AvgIpc) is 3.33. The Labute approximate surface area is 234 Å². The second-order valence-corrected chi connectivity index (χ2v) is 11.4. The number of methoxy groups -OCH3 is 1. The van der Waals surface area contributed by atoms with E-state index in [2.05, 4.69) is 55.8 Å². The van der Waals surface area contributed by atoms with Gasteiger partial charge in [0.2, 0.25) is 0 Å². The minimum absolute atomic E-state index is 0.00904. The third-order valence-corrected chi connectivity index (χ3v) is 8.80. The highest BCUT2D eigenvalue weighted by Gasteiger charge is 2.27. The minimum Gasteiger partial charge on any atom is -0.495 e. The van der Waals surface area contributed by atoms with Crippen LogP contribution in [-0.4, -0.2) is 92.9 Å². The SMILES string of the molecule is CN1CCNCC1.COc1cc2c(=O)c3c4ccc(C#N)cc4[nH]c3n(C3CCC3)c2cc1N1CCN(C)CC1. The molecule has 40 heavy (non-hydrogen) atoms. The van der Waals surface area contributed by atoms with Crippen LogP contribution < -0.4 is 20.4 Å². The van der Waals surface area contributed by atoms with Crippen molar-refractivity contribution in [2.24, 2.45) is 0 Å². The van der Waals surface area contributed by atoms with E-state index in [0.29, 0.717) is 22.4 Å². The fourth-order valence-corrected chi connectivity index (χ4v) is 6.12. The maximum Gasteiger partial charge on any atom is 0.199 e. The molecular weight excluding hydrogens is 502 g/mol. The number of nitrogens with one attached hydrogen (secondary N) is 2. The van der Waals surface area contributed by atoms with E-state index in [4.69, 9.17) is 4.74 Å². The number of benzene rings is 2. The van der Waals surface area contributed by atoms with Crippen LogP contribution in [0.15, 0.2) is 35.1 Å². The third kappa shape index (κ3) is 4.81. The summed E-state index contributed by atoms with van der Waals surface area (Å²) in [5, 5.41) is 14.9. The van der Waals surface area contributed by atoms with Gasteiger partial charge >= 0.3 is 0 Å². The third-order valence-electron chi connectivity index (χ3n) is 8.80. The zero-order valence-electron chi connectivity index (χ0n) is 23.8. The largest absolute Gasteiger partial charge is 0.495 e. The van der Waals surface area contributed by atoms with E-state index < -0.39 is 0 Å². The molecule has 2 saturated heterocycles. The van der Waals surface area contributed by atoms with E-state index in [1.165, 1.54) is 19.5 Å². The van der Waals surface area contributed by atoms with Crippen LogP contribution in [0.5, 0.6) is 5.75 Å². The molecule has 1 aliphatic carbocycles. The van der Waals surface area contributed by atoms with Crippen LogP contribution in [0.3, 0.4) is 0 Å². The number of anilines is 1. The summed E-state index contributed by atoms with van der Waals surface area (Å²) < 4.78 is 8.13. The molecule has 0 atom stereocenters. The van der Waals surface area contributed by atoms with Gasteiger partial charge in [-0.25, -0.2) is 0 Å². The number of nitrogens with zero attached hydrogens (tertiary/aromatic N) is 5. The number of rotatable bonds is 3. The molecule has 3 fully saturated rings. The molecule has 2 N–H and O–H groups in total. The molecule has 2 aromatic heterocycles. The standard InChI is InChI=1S/C26H27N5O2.C5H12N2/c1-29-8-10-30(11-9-29)22-14-21-19(13-23(22)33-2)25(32)24-18-7-6-16(15-27)12-20(18)28-26(24)31(21)17-4-3-5-17;1-7-4-2-6-3-5-7/h6-7,12-14,17,28H,3-5,8-11H2,1-2H3;6H,2-5H2,1H3. The van der Waals surface area contributed by atoms with Gasteiger partial charge in [-0.15, -0.1) is 0 Å². The molecule has 2 aliphatic heterocycles. The number of hydrogen-bond donors (Lipinski definition) is 2. The van der Waals surface area contributed by atoms with Crippen molar-refractivity contribution in [3.63, 3.8) is 0 Å². The summed E-state index contributed by atoms with van der Waals surface area (Å²) in [7, 11) is 5.98. The Balaban J connectivity index is 0.000000363. The molecule has 210 valence electrons. The van der Waals surface area contributed by atoms with Crippen LogP contribution >= 0.6 is 0 Å². The molecule has 0 radical (unpaired) electrons. The molecule has 4 heterocycles. The van der Waals surface area contributed by atoms with Crippen LogP contribution in [0.2, 0.25) is 0 Å². The zero-order chi connectivity index (χ0) is 27.8. The lowest BCUT2D eigenvalue weighted by atomic mass is 9.91. The van der Waals surface area contributed by atoms with Gasteiger partial charge < -0.3 is 34.3 Å². The van der Waals surface area contributed by atoms with Gasteiger partial charge in [-0.3, -0.25) is 4.79 Å². The van der Waals surface area contributed by atoms with Gasteiger partial charge in [-0.1, -0.05) is 6.07 Å². The average molecular weight is 542 g/mol. The predicted molar refractivity (Wildman–Crippen MR) is 162 cm³/mol. The fraction of sp³-hybridized carbons (Fsp3) is 0.484. The van der Waals surface area contributed by atoms with Crippen molar-refractivity contribution in [1.29, 1.82) is 5.26 Å². The van der Waals surface area contributed by atoms with Crippen molar-refractivity contribution in [3.8, 4) is 11.8 Å². The van der Waals surface area contributed by atoms with E-state index in [1.54, 1.807) is 13.2 Å². The van der Waals surface area contributed by atoms with Gasteiger partial charge in [-0.2, -0.15) is 5.26 Å². The van der Waals surface area contributed by atoms with Crippen molar-refractivity contribution in [2.45, 2.75) is 25.3 Å². The van der Waals surface area contributed by atoms with Crippen LogP contribution in [0.4, 0.5) is 5.69 Å². The van der Waals surface area contributed by atoms with Gasteiger partial charge in [-0.05, 0) is 57.6 Å². The lowest BCUT2D eigenvalue weighted by Crippen LogP contribution is -2.44. The van der Waals surface area contributed by atoms with E-state index >= 15 is 0 Å². The molecular formula is C31H39N7O2. The van der Waals surface area contributed by atoms with E-state index in [-0.39, 0.29) is 5.43 Å². The van der Waals surface area contributed by atoms with E-state index in [9.17, 15) is 10.1 Å². The Morgan fingerprint density at radius 1 is 0.950 bits per heavy atom. The predicted octanol–water partition coefficient (Wildman–Crippen LogP) is 3.51. The van der Waals surface area contributed by atoms with Gasteiger partial charge in [0.25, 0.3) is 0 Å². The van der Waals surface area contributed by atoms with Crippen LogP contribution in [0.1, 0.15) is 30.9 Å². The fourth-order valence-electron chi connectivity index (χ4n) is 6.12. The van der Waals surface area contributed by atoms with Crippen molar-refractivity contribution >= 4 is 38.5 Å². The molecule has 3 aliphatic rings. The molecule has 4 aromatic rings. The van der Waals surface area contributed by atoms with Crippen molar-refractivity contribution in [1.82, 2.24) is 24.7 Å². The quantitative estimate of drug-likeness (QED) is 0.410. The normalized spacial score (nSPS) is 18.9. The first kappa shape index (κ1) is 26.6. The molecule has 0 unspecified atom stereocenters. The number of aromatic amines is 1. The number of H-pyrrole nitrogens is 1. The Kier molecular flexibility index (Phi) is 7.41. The van der Waals surface area contributed by atoms with Gasteiger partial charge in [0.15, 0.2) is 5.43 Å². The van der Waals surface area contributed by atoms with E-state index in [1.807, 2.05) is 18.2 Å². The number of pyridine rings is 1. The molecule has 2 aromatic carbocycles. The van der Waals surface area contributed by atoms with Crippen molar-refractivity contribution in [3.05, 3.63) is 46.1 Å². The Morgan fingerprint density at radius 3 is 2.27 bits per heavy atom. The monoisotopic (exact) mass is 541 g/mol. The highest BCUT2D eigenvalue weighted by atomic mass is 16.5. The smallest absolute Gasteiger partial charge is 0.199 e. The molecule has 0 amide bonds. The first-order chi connectivity index (χ1) is 19.5. The second kappa shape index (κ2) is 11.1. The van der Waals surface area contributed by atoms with Gasteiger partial charge in [0.1, 0.15) is 11.4 Å². The first-order valence-electron chi connectivity index (χ1n) is 14.4. The van der Waals surface area contributed by atoms with Crippen LogP contribution in [0, 0.1) is 11.3 Å². The van der Waals surface area contributed by atoms with Gasteiger partial charge in [0, 0.05) is 69.3 Å². The van der Waals surface area contributed by atoms with E-state index in [0.717, 1.165) is 85.6 Å². The molecule has 0 spiro atoms. The Bertz CT molecular complexity index is 1630. The Hall–Kier alpha value is -3.58. The number of nitriles is 1. The van der Waals surface area contributed by atoms with Crippen molar-refractivity contribution in [2.75, 3.05) is 78.5 Å². The molecule has 0 bridgehead atoms. The minimum atomic E-state index is 0.00904. The number of hydrogen-bond acceptors (Lipinski definition) is 7. The Morgan fingerprint density at radius 2 is 1.68 bits per heavy atom. The van der Waals surface area contributed by atoms with Crippen LogP contribution in [-0.2, 0) is 0 Å². The number of aromatic nitrogens is 2.